The van der Waals surface area contributed by atoms with Crippen molar-refractivity contribution in [2.75, 3.05) is 20.6 Å². The van der Waals surface area contributed by atoms with Crippen LogP contribution in [0, 0.1) is 5.92 Å². The first-order valence-corrected chi connectivity index (χ1v) is 6.12. The van der Waals surface area contributed by atoms with Crippen LogP contribution in [-0.4, -0.2) is 37.4 Å². The molecule has 1 N–H and O–H groups in total. The quantitative estimate of drug-likeness (QED) is 0.746. The predicted octanol–water partition coefficient (Wildman–Crippen LogP) is 1.80. The number of carbonyl (C=O) groups excluding carboxylic acids is 1. The Morgan fingerprint density at radius 2 is 2.06 bits per heavy atom. The van der Waals surface area contributed by atoms with Gasteiger partial charge in [-0.1, -0.05) is 13.8 Å². The number of allylic oxidation sites excluding steroid dienone is 2. The van der Waals surface area contributed by atoms with Gasteiger partial charge in [0.05, 0.1) is 0 Å². The topological polar surface area (TPSA) is 32.3 Å². The second-order valence-electron chi connectivity index (χ2n) is 5.37. The molecule has 92 valence electrons. The Labute approximate surface area is 98.9 Å². The van der Waals surface area contributed by atoms with Gasteiger partial charge in [0, 0.05) is 30.8 Å². The molecule has 1 unspecified atom stereocenters. The Morgan fingerprint density at radius 1 is 1.38 bits per heavy atom. The molecule has 1 atom stereocenters. The largest absolute Gasteiger partial charge is 0.384 e. The van der Waals surface area contributed by atoms with E-state index in [2.05, 4.69) is 38.2 Å². The van der Waals surface area contributed by atoms with E-state index in [1.54, 1.807) is 6.08 Å². The van der Waals surface area contributed by atoms with Crippen molar-refractivity contribution in [2.45, 2.75) is 39.2 Å². The fourth-order valence-corrected chi connectivity index (χ4v) is 2.16. The molecule has 0 fully saturated rings. The lowest BCUT2D eigenvalue weighted by Crippen LogP contribution is -2.38. The first-order chi connectivity index (χ1) is 7.47. The minimum absolute atomic E-state index is 0.260. The molecule has 0 saturated heterocycles. The van der Waals surface area contributed by atoms with Crippen LogP contribution in [-0.2, 0) is 4.79 Å². The molecule has 0 radical (unpaired) electrons. The number of carbonyl (C=O) groups is 1. The van der Waals surface area contributed by atoms with Crippen LogP contribution in [0.5, 0.6) is 0 Å². The highest BCUT2D eigenvalue weighted by molar-refractivity contribution is 5.92. The zero-order chi connectivity index (χ0) is 12.1. The molecule has 0 heterocycles. The fraction of sp³-hybridized carbons (Fsp3) is 0.769. The average molecular weight is 224 g/mol. The Kier molecular flexibility index (Phi) is 5.00. The highest BCUT2D eigenvalue weighted by atomic mass is 16.1. The van der Waals surface area contributed by atoms with Gasteiger partial charge in [-0.25, -0.2) is 0 Å². The summed E-state index contributed by atoms with van der Waals surface area (Å²) in [6.07, 6.45) is 4.48. The lowest BCUT2D eigenvalue weighted by Gasteiger charge is -2.25. The maximum absolute atomic E-state index is 11.2. The van der Waals surface area contributed by atoms with Crippen LogP contribution in [0.2, 0.25) is 0 Å². The van der Waals surface area contributed by atoms with E-state index < -0.39 is 0 Å². The number of hydrogen-bond acceptors (Lipinski definition) is 3. The number of nitrogens with zero attached hydrogens (tertiary/aromatic N) is 1. The molecule has 3 nitrogen and oxygen atoms in total. The van der Waals surface area contributed by atoms with Crippen molar-refractivity contribution in [2.24, 2.45) is 5.92 Å². The monoisotopic (exact) mass is 224 g/mol. The molecule has 0 bridgehead atoms. The van der Waals surface area contributed by atoms with E-state index in [-0.39, 0.29) is 5.78 Å². The lowest BCUT2D eigenvalue weighted by atomic mass is 10.0. The molecule has 0 saturated carbocycles. The molecule has 0 aromatic carbocycles. The van der Waals surface area contributed by atoms with Gasteiger partial charge >= 0.3 is 0 Å². The van der Waals surface area contributed by atoms with Crippen molar-refractivity contribution in [3.05, 3.63) is 11.8 Å². The van der Waals surface area contributed by atoms with Crippen LogP contribution >= 0.6 is 0 Å². The summed E-state index contributed by atoms with van der Waals surface area (Å²) in [6.45, 7) is 5.49. The first kappa shape index (κ1) is 13.2. The SMILES string of the molecule is CC(C)CC(CN(C)C)NC1=CC(=O)CC1. The molecule has 0 aromatic heterocycles. The van der Waals surface area contributed by atoms with Gasteiger partial charge in [0.1, 0.15) is 0 Å². The van der Waals surface area contributed by atoms with Crippen molar-refractivity contribution in [1.29, 1.82) is 0 Å². The van der Waals surface area contributed by atoms with E-state index in [4.69, 9.17) is 0 Å². The third-order valence-electron chi connectivity index (χ3n) is 2.71. The molecule has 1 rings (SSSR count). The van der Waals surface area contributed by atoms with Crippen molar-refractivity contribution in [1.82, 2.24) is 10.2 Å². The molecule has 16 heavy (non-hydrogen) atoms. The van der Waals surface area contributed by atoms with Gasteiger partial charge in [0.15, 0.2) is 5.78 Å². The minimum atomic E-state index is 0.260. The highest BCUT2D eigenvalue weighted by Gasteiger charge is 2.17. The third-order valence-corrected chi connectivity index (χ3v) is 2.71. The average Bonchev–Trinajstić information content (AvgIpc) is 2.48. The Hall–Kier alpha value is -0.830. The predicted molar refractivity (Wildman–Crippen MR) is 67.3 cm³/mol. The summed E-state index contributed by atoms with van der Waals surface area (Å²) in [6, 6.07) is 0.451. The second-order valence-corrected chi connectivity index (χ2v) is 5.37. The van der Waals surface area contributed by atoms with E-state index in [0.717, 1.165) is 25.1 Å². The molecular weight excluding hydrogens is 200 g/mol. The molecule has 0 spiro atoms. The van der Waals surface area contributed by atoms with Crippen LogP contribution in [0.15, 0.2) is 11.8 Å². The first-order valence-electron chi connectivity index (χ1n) is 6.12. The second kappa shape index (κ2) is 6.04. The van der Waals surface area contributed by atoms with Crippen molar-refractivity contribution < 1.29 is 4.79 Å². The van der Waals surface area contributed by atoms with Crippen molar-refractivity contribution in [3.8, 4) is 0 Å². The summed E-state index contributed by atoms with van der Waals surface area (Å²) in [5.41, 5.74) is 1.12. The summed E-state index contributed by atoms with van der Waals surface area (Å²) in [4.78, 5) is 13.3. The Bertz CT molecular complexity index is 259. The summed E-state index contributed by atoms with van der Waals surface area (Å²) >= 11 is 0. The third kappa shape index (κ3) is 4.79. The maximum Gasteiger partial charge on any atom is 0.157 e. The molecule has 0 aliphatic heterocycles. The number of rotatable bonds is 6. The molecule has 0 aromatic rings. The Morgan fingerprint density at radius 3 is 2.50 bits per heavy atom. The van der Waals surface area contributed by atoms with Crippen LogP contribution < -0.4 is 5.32 Å². The molecule has 0 amide bonds. The number of likely N-dealkylation sites (N-methyl/N-ethyl adjacent to an activating group) is 1. The van der Waals surface area contributed by atoms with Gasteiger partial charge < -0.3 is 10.2 Å². The minimum Gasteiger partial charge on any atom is -0.384 e. The van der Waals surface area contributed by atoms with E-state index in [1.165, 1.54) is 0 Å². The summed E-state index contributed by atoms with van der Waals surface area (Å²) < 4.78 is 0. The van der Waals surface area contributed by atoms with Gasteiger partial charge in [-0.15, -0.1) is 0 Å². The standard InChI is InChI=1S/C13H24N2O/c1-10(2)7-12(9-15(3)4)14-11-5-6-13(16)8-11/h8,10,12,14H,5-7,9H2,1-4H3. The van der Waals surface area contributed by atoms with Crippen molar-refractivity contribution in [3.63, 3.8) is 0 Å². The highest BCUT2D eigenvalue weighted by Crippen LogP contribution is 2.15. The maximum atomic E-state index is 11.2. The fourth-order valence-electron chi connectivity index (χ4n) is 2.16. The van der Waals surface area contributed by atoms with Gasteiger partial charge in [0.2, 0.25) is 0 Å². The normalized spacial score (nSPS) is 18.1. The molecular formula is C13H24N2O. The Balaban J connectivity index is 2.49. The van der Waals surface area contributed by atoms with Gasteiger partial charge in [-0.3, -0.25) is 4.79 Å². The van der Waals surface area contributed by atoms with Gasteiger partial charge in [-0.2, -0.15) is 0 Å². The van der Waals surface area contributed by atoms with Gasteiger partial charge in [-0.05, 0) is 32.9 Å². The van der Waals surface area contributed by atoms with Crippen LogP contribution in [0.1, 0.15) is 33.1 Å². The van der Waals surface area contributed by atoms with Crippen molar-refractivity contribution >= 4 is 5.78 Å². The van der Waals surface area contributed by atoms with E-state index >= 15 is 0 Å². The molecule has 1 aliphatic carbocycles. The van der Waals surface area contributed by atoms with Crippen LogP contribution in [0.4, 0.5) is 0 Å². The number of ketones is 1. The molecule has 3 heteroatoms. The lowest BCUT2D eigenvalue weighted by molar-refractivity contribution is -0.114. The van der Waals surface area contributed by atoms with Crippen LogP contribution in [0.3, 0.4) is 0 Å². The van der Waals surface area contributed by atoms with E-state index in [0.29, 0.717) is 18.4 Å². The summed E-state index contributed by atoms with van der Waals surface area (Å²) in [5.74, 6) is 0.936. The van der Waals surface area contributed by atoms with Crippen LogP contribution in [0.25, 0.3) is 0 Å². The smallest absolute Gasteiger partial charge is 0.157 e. The number of hydrogen-bond donors (Lipinski definition) is 1. The van der Waals surface area contributed by atoms with E-state index in [1.807, 2.05) is 0 Å². The molecule has 1 aliphatic rings. The van der Waals surface area contributed by atoms with Gasteiger partial charge in [0.25, 0.3) is 0 Å². The summed E-state index contributed by atoms with van der Waals surface area (Å²) in [7, 11) is 4.17. The van der Waals surface area contributed by atoms with E-state index in [9.17, 15) is 4.79 Å². The zero-order valence-corrected chi connectivity index (χ0v) is 10.9. The summed E-state index contributed by atoms with van der Waals surface area (Å²) in [5, 5.41) is 3.51. The number of nitrogens with one attached hydrogen (secondary N) is 1. The zero-order valence-electron chi connectivity index (χ0n) is 10.9.